The number of aliphatic hydroxyl groups excluding tert-OH is 2. The van der Waals surface area contributed by atoms with Crippen LogP contribution >= 0.6 is 11.8 Å². The lowest BCUT2D eigenvalue weighted by Crippen LogP contribution is -2.71. The van der Waals surface area contributed by atoms with Gasteiger partial charge in [0, 0.05) is 16.7 Å². The van der Waals surface area contributed by atoms with E-state index in [9.17, 15) is 29.4 Å². The van der Waals surface area contributed by atoms with E-state index in [2.05, 4.69) is 10.5 Å². The van der Waals surface area contributed by atoms with E-state index < -0.39 is 53.9 Å². The molecule has 2 atom stereocenters. The first-order valence-corrected chi connectivity index (χ1v) is 11.6. The summed E-state index contributed by atoms with van der Waals surface area (Å²) in [6, 6.07) is 2.04. The molecule has 5 N–H and O–H groups in total. The number of thioether (sulfide) groups is 1. The van der Waals surface area contributed by atoms with Crippen LogP contribution in [0.4, 0.5) is 4.79 Å². The van der Waals surface area contributed by atoms with E-state index in [4.69, 9.17) is 24.5 Å². The van der Waals surface area contributed by atoms with Crippen LogP contribution in [0.3, 0.4) is 0 Å². The third kappa shape index (κ3) is 5.63. The minimum Gasteiger partial charge on any atom is -0.462 e. The molecule has 15 heteroatoms. The van der Waals surface area contributed by atoms with E-state index in [1.54, 1.807) is 6.07 Å². The summed E-state index contributed by atoms with van der Waals surface area (Å²) in [5.41, 5.74) is 3.85. The molecule has 36 heavy (non-hydrogen) atoms. The van der Waals surface area contributed by atoms with Crippen molar-refractivity contribution in [2.24, 2.45) is 16.3 Å². The quantitative estimate of drug-likeness (QED) is 0.118. The van der Waals surface area contributed by atoms with Gasteiger partial charge in [-0.2, -0.15) is 0 Å². The number of esters is 1. The number of carbonyl (C=O) groups is 4. The zero-order valence-corrected chi connectivity index (χ0v) is 20.3. The average molecular weight is 527 g/mol. The second kappa shape index (κ2) is 11.5. The molecule has 0 aromatic carbocycles. The zero-order chi connectivity index (χ0) is 26.5. The second-order valence-electron chi connectivity index (χ2n) is 8.22. The van der Waals surface area contributed by atoms with Gasteiger partial charge in [0.1, 0.15) is 37.4 Å². The maximum absolute atomic E-state index is 13.1. The molecule has 3 rings (SSSR count). The molecule has 0 aliphatic carbocycles. The van der Waals surface area contributed by atoms with Crippen molar-refractivity contribution >= 4 is 41.4 Å². The molecule has 1 aromatic heterocycles. The summed E-state index contributed by atoms with van der Waals surface area (Å²) in [6.07, 6.45) is 0.274. The van der Waals surface area contributed by atoms with Crippen LogP contribution in [0.15, 0.2) is 39.2 Å². The van der Waals surface area contributed by atoms with Crippen molar-refractivity contribution in [2.45, 2.75) is 18.3 Å². The molecular weight excluding hydrogens is 500 g/mol. The molecule has 196 valence electrons. The van der Waals surface area contributed by atoms with Gasteiger partial charge in [0.05, 0.1) is 19.5 Å². The number of hydrogen-bond acceptors (Lipinski definition) is 12. The summed E-state index contributed by atoms with van der Waals surface area (Å²) in [5, 5.41) is 24.5. The van der Waals surface area contributed by atoms with Gasteiger partial charge in [-0.25, -0.2) is 9.59 Å². The molecule has 14 nitrogen and oxygen atoms in total. The van der Waals surface area contributed by atoms with Crippen molar-refractivity contribution in [3.63, 3.8) is 0 Å². The number of furan rings is 1. The molecule has 3 amide bonds. The lowest BCUT2D eigenvalue weighted by Gasteiger charge is -2.49. The Morgan fingerprint density at radius 3 is 2.64 bits per heavy atom. The Bertz CT molecular complexity index is 1070. The maximum Gasteiger partial charge on any atom is 0.404 e. The Labute approximate surface area is 209 Å². The predicted octanol–water partition coefficient (Wildman–Crippen LogP) is -1.09. The minimum absolute atomic E-state index is 0.125. The van der Waals surface area contributed by atoms with E-state index in [1.807, 2.05) is 0 Å². The fourth-order valence-electron chi connectivity index (χ4n) is 3.30. The molecule has 1 aromatic rings. The smallest absolute Gasteiger partial charge is 0.404 e. The number of nitrogens with two attached hydrogens (primary N) is 1. The number of aliphatic hydroxyl groups is 2. The third-order valence-corrected chi connectivity index (χ3v) is 6.72. The van der Waals surface area contributed by atoms with Gasteiger partial charge in [-0.05, 0) is 12.1 Å². The largest absolute Gasteiger partial charge is 0.462 e. The number of nitrogens with one attached hydrogen (secondary N) is 1. The number of β-lactam (4-membered cyclic amide) rings is 1. The maximum atomic E-state index is 13.1. The van der Waals surface area contributed by atoms with Crippen LogP contribution in [0.25, 0.3) is 0 Å². The Hall–Kier alpha value is -3.56. The van der Waals surface area contributed by atoms with Crippen molar-refractivity contribution in [1.29, 1.82) is 0 Å². The number of amides is 3. The van der Waals surface area contributed by atoms with Crippen LogP contribution in [-0.2, 0) is 28.7 Å². The number of oxime groups is 1. The highest BCUT2D eigenvalue weighted by Crippen LogP contribution is 2.41. The molecule has 0 saturated carbocycles. The van der Waals surface area contributed by atoms with Gasteiger partial charge < -0.3 is 40.0 Å². The lowest BCUT2D eigenvalue weighted by atomic mass is 9.94. The van der Waals surface area contributed by atoms with E-state index in [0.717, 1.165) is 4.90 Å². The number of hydrogen-bond donors (Lipinski definition) is 4. The standard InChI is InChI=1S/C21H26N4O10S/c1-21(8-26,9-27)10-35-19(30)15-11(6-34-20(22)31)7-36-18-14(17(29)25(15)18)23-16(28)13(24-32-2)12-4-3-5-33-12/h3-5,14,18,26-27H,6-10H2,1-2H3,(H2,22,31)(H,23,28)/b24-13-/t14-,18+/m1/s1. The summed E-state index contributed by atoms with van der Waals surface area (Å²) >= 11 is 1.22. The summed E-state index contributed by atoms with van der Waals surface area (Å²) in [5.74, 6) is -1.99. The van der Waals surface area contributed by atoms with Gasteiger partial charge in [-0.1, -0.05) is 12.1 Å². The molecule has 2 aliphatic rings. The van der Waals surface area contributed by atoms with Crippen LogP contribution in [0.2, 0.25) is 0 Å². The van der Waals surface area contributed by atoms with Crippen molar-refractivity contribution in [1.82, 2.24) is 10.2 Å². The molecule has 0 spiro atoms. The van der Waals surface area contributed by atoms with Crippen LogP contribution < -0.4 is 11.1 Å². The average Bonchev–Trinajstić information content (AvgIpc) is 3.41. The summed E-state index contributed by atoms with van der Waals surface area (Å²) in [4.78, 5) is 55.8. The highest BCUT2D eigenvalue weighted by molar-refractivity contribution is 8.00. The van der Waals surface area contributed by atoms with Crippen LogP contribution in [-0.4, -0.2) is 95.4 Å². The van der Waals surface area contributed by atoms with E-state index in [-0.39, 0.29) is 41.7 Å². The van der Waals surface area contributed by atoms with Gasteiger partial charge in [0.25, 0.3) is 11.8 Å². The zero-order valence-electron chi connectivity index (χ0n) is 19.5. The van der Waals surface area contributed by atoms with E-state index in [0.29, 0.717) is 0 Å². The molecule has 2 aliphatic heterocycles. The first kappa shape index (κ1) is 27.0. The van der Waals surface area contributed by atoms with E-state index >= 15 is 0 Å². The Balaban J connectivity index is 1.80. The summed E-state index contributed by atoms with van der Waals surface area (Å²) in [7, 11) is 1.25. The van der Waals surface area contributed by atoms with Crippen LogP contribution in [0.1, 0.15) is 12.7 Å². The minimum atomic E-state index is -1.11. The Morgan fingerprint density at radius 2 is 2.06 bits per heavy atom. The number of carbonyl (C=O) groups excluding carboxylic acids is 4. The first-order valence-electron chi connectivity index (χ1n) is 10.6. The molecule has 0 bridgehead atoms. The van der Waals surface area contributed by atoms with Crippen LogP contribution in [0.5, 0.6) is 0 Å². The Morgan fingerprint density at radius 1 is 1.33 bits per heavy atom. The molecule has 0 unspecified atom stereocenters. The first-order chi connectivity index (χ1) is 17.2. The normalized spacial score (nSPS) is 19.8. The Kier molecular flexibility index (Phi) is 8.60. The molecule has 3 heterocycles. The molecule has 1 fully saturated rings. The van der Waals surface area contributed by atoms with Crippen molar-refractivity contribution in [2.75, 3.05) is 39.3 Å². The molecule has 0 radical (unpaired) electrons. The van der Waals surface area contributed by atoms with Gasteiger partial charge in [0.2, 0.25) is 5.71 Å². The lowest BCUT2D eigenvalue weighted by molar-refractivity contribution is -0.155. The van der Waals surface area contributed by atoms with Crippen molar-refractivity contribution in [3.8, 4) is 0 Å². The highest BCUT2D eigenvalue weighted by atomic mass is 32.2. The number of ether oxygens (including phenoxy) is 2. The SMILES string of the molecule is CO/N=C(\C(=O)N[C@@H]1C(=O)N2C(C(=O)OCC(C)(CO)CO)=C(COC(N)=O)CS[C@@H]12)c1ccco1. The summed E-state index contributed by atoms with van der Waals surface area (Å²) < 4.78 is 15.3. The van der Waals surface area contributed by atoms with Gasteiger partial charge in [0.15, 0.2) is 5.76 Å². The molecular formula is C21H26N4O10S. The fourth-order valence-corrected chi connectivity index (χ4v) is 4.63. The molecule has 1 saturated heterocycles. The number of rotatable bonds is 11. The number of nitrogens with zero attached hydrogens (tertiary/aromatic N) is 2. The monoisotopic (exact) mass is 526 g/mol. The fraction of sp³-hybridized carbons (Fsp3) is 0.476. The number of primary amides is 1. The number of fused-ring (bicyclic) bond motifs is 1. The summed E-state index contributed by atoms with van der Waals surface area (Å²) in [6.45, 7) is -0.107. The van der Waals surface area contributed by atoms with Gasteiger partial charge >= 0.3 is 12.1 Å². The van der Waals surface area contributed by atoms with Crippen molar-refractivity contribution in [3.05, 3.63) is 35.4 Å². The van der Waals surface area contributed by atoms with E-state index in [1.165, 1.54) is 38.1 Å². The van der Waals surface area contributed by atoms with Crippen LogP contribution in [0, 0.1) is 5.41 Å². The predicted molar refractivity (Wildman–Crippen MR) is 123 cm³/mol. The topological polar surface area (TPSA) is 203 Å². The van der Waals surface area contributed by atoms with Crippen molar-refractivity contribution < 1.29 is 48.1 Å². The van der Waals surface area contributed by atoms with Gasteiger partial charge in [-0.3, -0.25) is 14.5 Å². The third-order valence-electron chi connectivity index (χ3n) is 5.38. The highest BCUT2D eigenvalue weighted by Gasteiger charge is 2.55. The van der Waals surface area contributed by atoms with Gasteiger partial charge in [-0.15, -0.1) is 11.8 Å². The second-order valence-corrected chi connectivity index (χ2v) is 9.33.